The Morgan fingerprint density at radius 3 is 2.55 bits per heavy atom. The topological polar surface area (TPSA) is 51.2 Å². The number of nitrogens with one attached hydrogen (secondary N) is 1. The van der Waals surface area contributed by atoms with Crippen molar-refractivity contribution in [1.29, 1.82) is 0 Å². The fourth-order valence-electron chi connectivity index (χ4n) is 2.28. The number of benzene rings is 1. The number of cyclic esters (lactones) is 1. The van der Waals surface area contributed by atoms with Crippen molar-refractivity contribution in [1.82, 2.24) is 10.3 Å². The van der Waals surface area contributed by atoms with Crippen LogP contribution in [0, 0.1) is 17.5 Å². The Balaban J connectivity index is 2.05. The van der Waals surface area contributed by atoms with E-state index in [2.05, 4.69) is 26.2 Å². The summed E-state index contributed by atoms with van der Waals surface area (Å²) in [5.41, 5.74) is 0.289. The van der Waals surface area contributed by atoms with Crippen LogP contribution in [0.3, 0.4) is 0 Å². The van der Waals surface area contributed by atoms with Crippen molar-refractivity contribution >= 4 is 22.0 Å². The predicted octanol–water partition coefficient (Wildman–Crippen LogP) is 3.78. The number of nitrogens with zero attached hydrogens (tertiary/aromatic N) is 1. The molecule has 2 heterocycles. The third-order valence-electron chi connectivity index (χ3n) is 3.24. The van der Waals surface area contributed by atoms with Crippen molar-refractivity contribution < 1.29 is 22.7 Å². The number of alkyl carbamates (subject to hydrolysis) is 1. The number of amides is 1. The molecule has 1 aliphatic heterocycles. The number of aromatic nitrogens is 1. The second-order valence-corrected chi connectivity index (χ2v) is 5.59. The third kappa shape index (κ3) is 2.66. The Morgan fingerprint density at radius 1 is 1.09 bits per heavy atom. The first kappa shape index (κ1) is 14.8. The zero-order valence-electron chi connectivity index (χ0n) is 10.8. The molecule has 0 aliphatic carbocycles. The summed E-state index contributed by atoms with van der Waals surface area (Å²) in [6.07, 6.45) is 1.10. The number of hydrogen-bond donors (Lipinski definition) is 1. The van der Waals surface area contributed by atoms with Crippen LogP contribution in [0.25, 0.3) is 0 Å². The van der Waals surface area contributed by atoms with E-state index in [1.807, 2.05) is 0 Å². The molecule has 2 atom stereocenters. The maximum absolute atomic E-state index is 13.9. The molecule has 0 radical (unpaired) electrons. The minimum absolute atomic E-state index is 0.248. The van der Waals surface area contributed by atoms with Gasteiger partial charge < -0.3 is 10.1 Å². The molecule has 1 N–H and O–H groups in total. The van der Waals surface area contributed by atoms with Crippen molar-refractivity contribution in [3.63, 3.8) is 0 Å². The fourth-order valence-corrected chi connectivity index (χ4v) is 2.66. The molecule has 1 aromatic carbocycles. The Morgan fingerprint density at radius 2 is 1.82 bits per heavy atom. The van der Waals surface area contributed by atoms with E-state index in [1.165, 1.54) is 12.4 Å². The van der Waals surface area contributed by atoms with E-state index in [0.29, 0.717) is 22.2 Å². The molecule has 1 aromatic heterocycles. The molecule has 3 rings (SSSR count). The van der Waals surface area contributed by atoms with E-state index in [-0.39, 0.29) is 5.56 Å². The van der Waals surface area contributed by atoms with Gasteiger partial charge in [0.15, 0.2) is 17.7 Å². The van der Waals surface area contributed by atoms with Gasteiger partial charge in [0.2, 0.25) is 0 Å². The lowest BCUT2D eigenvalue weighted by Gasteiger charge is -2.18. The van der Waals surface area contributed by atoms with E-state index in [4.69, 9.17) is 4.74 Å². The van der Waals surface area contributed by atoms with Crippen LogP contribution in [0.1, 0.15) is 23.3 Å². The maximum atomic E-state index is 13.9. The van der Waals surface area contributed by atoms with Crippen LogP contribution in [-0.4, -0.2) is 11.1 Å². The molecule has 0 spiro atoms. The first-order valence-electron chi connectivity index (χ1n) is 6.18. The van der Waals surface area contributed by atoms with Crippen LogP contribution in [0.4, 0.5) is 18.0 Å². The lowest BCUT2D eigenvalue weighted by atomic mass is 9.97. The fraction of sp³-hybridized carbons (Fsp3) is 0.143. The summed E-state index contributed by atoms with van der Waals surface area (Å²) >= 11 is 3.24. The smallest absolute Gasteiger partial charge is 0.408 e. The normalized spacial score (nSPS) is 20.6. The zero-order valence-corrected chi connectivity index (χ0v) is 12.4. The standard InChI is InChI=1S/C14H8BrF3N2O2/c15-7-1-6(4-19-5-7)12-13(22-14(21)20-12)8-2-10(17)11(18)3-9(8)16/h1-5,12-13H,(H,20,21)/t12-,13-/m1/s1. The summed E-state index contributed by atoms with van der Waals surface area (Å²) in [7, 11) is 0. The molecule has 22 heavy (non-hydrogen) atoms. The molecule has 0 bridgehead atoms. The third-order valence-corrected chi connectivity index (χ3v) is 3.68. The van der Waals surface area contributed by atoms with Gasteiger partial charge in [-0.1, -0.05) is 0 Å². The highest BCUT2D eigenvalue weighted by Crippen LogP contribution is 2.38. The Bertz CT molecular complexity index is 757. The SMILES string of the molecule is O=C1N[C@H](c2cncc(Br)c2)[C@@H](c2cc(F)c(F)cc2F)O1. The van der Waals surface area contributed by atoms with Gasteiger partial charge in [0.05, 0.1) is 0 Å². The van der Waals surface area contributed by atoms with Gasteiger partial charge in [0.1, 0.15) is 11.9 Å². The highest BCUT2D eigenvalue weighted by molar-refractivity contribution is 9.10. The highest BCUT2D eigenvalue weighted by atomic mass is 79.9. The number of rotatable bonds is 2. The number of halogens is 4. The summed E-state index contributed by atoms with van der Waals surface area (Å²) in [5, 5.41) is 2.50. The van der Waals surface area contributed by atoms with Gasteiger partial charge in [-0.05, 0) is 33.6 Å². The minimum atomic E-state index is -1.31. The van der Waals surface area contributed by atoms with Crippen LogP contribution in [0.2, 0.25) is 0 Å². The summed E-state index contributed by atoms with van der Waals surface area (Å²) in [6.45, 7) is 0. The molecular formula is C14H8BrF3N2O2. The van der Waals surface area contributed by atoms with Crippen molar-refractivity contribution in [3.8, 4) is 0 Å². The van der Waals surface area contributed by atoms with Crippen molar-refractivity contribution in [3.05, 3.63) is 63.6 Å². The van der Waals surface area contributed by atoms with E-state index >= 15 is 0 Å². The van der Waals surface area contributed by atoms with Gasteiger partial charge in [0.25, 0.3) is 0 Å². The zero-order chi connectivity index (χ0) is 15.9. The average Bonchev–Trinajstić information content (AvgIpc) is 2.85. The van der Waals surface area contributed by atoms with Crippen molar-refractivity contribution in [2.24, 2.45) is 0 Å². The van der Waals surface area contributed by atoms with Gasteiger partial charge in [-0.2, -0.15) is 0 Å². The first-order chi connectivity index (χ1) is 10.5. The van der Waals surface area contributed by atoms with Gasteiger partial charge >= 0.3 is 6.09 Å². The van der Waals surface area contributed by atoms with Gasteiger partial charge in [0, 0.05) is 28.5 Å². The molecule has 0 saturated carbocycles. The second kappa shape index (κ2) is 5.60. The Labute approximate surface area is 131 Å². The van der Waals surface area contributed by atoms with Crippen molar-refractivity contribution in [2.45, 2.75) is 12.1 Å². The predicted molar refractivity (Wildman–Crippen MR) is 73.4 cm³/mol. The molecular weight excluding hydrogens is 365 g/mol. The van der Waals surface area contributed by atoms with E-state index in [0.717, 1.165) is 0 Å². The molecule has 4 nitrogen and oxygen atoms in total. The van der Waals surface area contributed by atoms with Crippen LogP contribution >= 0.6 is 15.9 Å². The second-order valence-electron chi connectivity index (χ2n) is 4.67. The number of hydrogen-bond acceptors (Lipinski definition) is 3. The lowest BCUT2D eigenvalue weighted by Crippen LogP contribution is -2.20. The number of ether oxygens (including phenoxy) is 1. The molecule has 1 fully saturated rings. The van der Waals surface area contributed by atoms with Gasteiger partial charge in [-0.25, -0.2) is 18.0 Å². The molecule has 0 unspecified atom stereocenters. The molecule has 114 valence electrons. The van der Waals surface area contributed by atoms with Gasteiger partial charge in [-0.3, -0.25) is 4.98 Å². The quantitative estimate of drug-likeness (QED) is 0.816. The Kier molecular flexibility index (Phi) is 3.78. The van der Waals surface area contributed by atoms with Crippen LogP contribution < -0.4 is 5.32 Å². The summed E-state index contributed by atoms with van der Waals surface area (Å²) < 4.78 is 46.0. The minimum Gasteiger partial charge on any atom is -0.439 e. The first-order valence-corrected chi connectivity index (χ1v) is 6.97. The van der Waals surface area contributed by atoms with E-state index in [1.54, 1.807) is 6.07 Å². The maximum Gasteiger partial charge on any atom is 0.408 e. The number of carbonyl (C=O) groups is 1. The molecule has 8 heteroatoms. The van der Waals surface area contributed by atoms with Crippen LogP contribution in [0.5, 0.6) is 0 Å². The van der Waals surface area contributed by atoms with Crippen LogP contribution in [-0.2, 0) is 4.74 Å². The average molecular weight is 373 g/mol. The Hall–Kier alpha value is -2.09. The van der Waals surface area contributed by atoms with Crippen molar-refractivity contribution in [2.75, 3.05) is 0 Å². The monoisotopic (exact) mass is 372 g/mol. The summed E-state index contributed by atoms with van der Waals surface area (Å²) in [6, 6.07) is 2.01. The van der Waals surface area contributed by atoms with E-state index in [9.17, 15) is 18.0 Å². The lowest BCUT2D eigenvalue weighted by molar-refractivity contribution is 0.129. The molecule has 1 amide bonds. The number of pyridine rings is 1. The molecule has 2 aromatic rings. The van der Waals surface area contributed by atoms with Crippen LogP contribution in [0.15, 0.2) is 35.1 Å². The van der Waals surface area contributed by atoms with E-state index < -0.39 is 35.7 Å². The highest BCUT2D eigenvalue weighted by Gasteiger charge is 2.38. The summed E-state index contributed by atoms with van der Waals surface area (Å²) in [5.74, 6) is -3.52. The largest absolute Gasteiger partial charge is 0.439 e. The number of carbonyl (C=O) groups excluding carboxylic acids is 1. The molecule has 1 saturated heterocycles. The van der Waals surface area contributed by atoms with Gasteiger partial charge in [-0.15, -0.1) is 0 Å². The molecule has 1 aliphatic rings. The summed E-state index contributed by atoms with van der Waals surface area (Å²) in [4.78, 5) is 15.5.